The lowest BCUT2D eigenvalue weighted by Crippen LogP contribution is -2.18. The summed E-state index contributed by atoms with van der Waals surface area (Å²) in [6, 6.07) is 0. The van der Waals surface area contributed by atoms with Crippen LogP contribution in [0.2, 0.25) is 0 Å². The van der Waals surface area contributed by atoms with E-state index in [0.29, 0.717) is 11.8 Å². The fourth-order valence-corrected chi connectivity index (χ4v) is 3.36. The number of hydrogen-bond acceptors (Lipinski definition) is 4. The maximum atomic E-state index is 5.42. The third-order valence-corrected chi connectivity index (χ3v) is 4.44. The summed E-state index contributed by atoms with van der Waals surface area (Å²) in [4.78, 5) is 6.09. The van der Waals surface area contributed by atoms with Crippen molar-refractivity contribution in [3.8, 4) is 0 Å². The standard InChI is InChI=1S/C14H24N2OS/c1-10(2)7-15-8-13-11(3)16-14(18-13)6-12-4-5-17-9-12/h10,12,15H,4-9H2,1-3H3. The number of aromatic nitrogens is 1. The van der Waals surface area contributed by atoms with E-state index < -0.39 is 0 Å². The normalized spacial score (nSPS) is 19.9. The molecular weight excluding hydrogens is 244 g/mol. The zero-order chi connectivity index (χ0) is 13.0. The molecule has 2 heterocycles. The summed E-state index contributed by atoms with van der Waals surface area (Å²) in [7, 11) is 0. The van der Waals surface area contributed by atoms with Gasteiger partial charge in [0.05, 0.1) is 10.7 Å². The number of ether oxygens (including phenoxy) is 1. The summed E-state index contributed by atoms with van der Waals surface area (Å²) in [5.74, 6) is 1.39. The van der Waals surface area contributed by atoms with Gasteiger partial charge in [0.25, 0.3) is 0 Å². The van der Waals surface area contributed by atoms with Crippen molar-refractivity contribution < 1.29 is 4.74 Å². The van der Waals surface area contributed by atoms with Gasteiger partial charge in [-0.2, -0.15) is 0 Å². The minimum Gasteiger partial charge on any atom is -0.381 e. The van der Waals surface area contributed by atoms with E-state index in [2.05, 4.69) is 26.1 Å². The van der Waals surface area contributed by atoms with Gasteiger partial charge in [0, 0.05) is 31.1 Å². The molecule has 1 N–H and O–H groups in total. The zero-order valence-electron chi connectivity index (χ0n) is 11.7. The van der Waals surface area contributed by atoms with Gasteiger partial charge in [-0.1, -0.05) is 13.8 Å². The lowest BCUT2D eigenvalue weighted by molar-refractivity contribution is 0.186. The van der Waals surface area contributed by atoms with Crippen molar-refractivity contribution in [2.45, 2.75) is 40.2 Å². The van der Waals surface area contributed by atoms with E-state index in [4.69, 9.17) is 9.72 Å². The van der Waals surface area contributed by atoms with Crippen LogP contribution in [0.1, 0.15) is 35.8 Å². The molecule has 0 amide bonds. The molecule has 1 saturated heterocycles. The first kappa shape index (κ1) is 14.0. The molecule has 1 aromatic heterocycles. The van der Waals surface area contributed by atoms with E-state index >= 15 is 0 Å². The average molecular weight is 268 g/mol. The molecule has 0 bridgehead atoms. The molecule has 1 aliphatic rings. The third-order valence-electron chi connectivity index (χ3n) is 3.26. The Labute approximate surface area is 114 Å². The van der Waals surface area contributed by atoms with Crippen LogP contribution in [-0.4, -0.2) is 24.7 Å². The monoisotopic (exact) mass is 268 g/mol. The fourth-order valence-electron chi connectivity index (χ4n) is 2.21. The highest BCUT2D eigenvalue weighted by Gasteiger charge is 2.18. The molecule has 3 nitrogen and oxygen atoms in total. The lowest BCUT2D eigenvalue weighted by atomic mass is 10.1. The number of rotatable bonds is 6. The molecule has 1 aliphatic heterocycles. The number of nitrogens with zero attached hydrogens (tertiary/aromatic N) is 1. The van der Waals surface area contributed by atoms with E-state index in [-0.39, 0.29) is 0 Å². The molecule has 18 heavy (non-hydrogen) atoms. The second-order valence-electron chi connectivity index (χ2n) is 5.57. The van der Waals surface area contributed by atoms with Crippen molar-refractivity contribution in [2.75, 3.05) is 19.8 Å². The summed E-state index contributed by atoms with van der Waals surface area (Å²) in [5.41, 5.74) is 1.20. The Kier molecular flexibility index (Phi) is 5.15. The van der Waals surface area contributed by atoms with E-state index in [1.165, 1.54) is 22.0 Å². The van der Waals surface area contributed by atoms with Crippen molar-refractivity contribution in [3.05, 3.63) is 15.6 Å². The summed E-state index contributed by atoms with van der Waals surface area (Å²) < 4.78 is 5.42. The van der Waals surface area contributed by atoms with Gasteiger partial charge in [-0.25, -0.2) is 4.98 Å². The Morgan fingerprint density at radius 2 is 2.33 bits per heavy atom. The second-order valence-corrected chi connectivity index (χ2v) is 6.74. The molecule has 1 unspecified atom stereocenters. The number of aryl methyl sites for hydroxylation is 1. The highest BCUT2D eigenvalue weighted by Crippen LogP contribution is 2.24. The first-order valence-corrected chi connectivity index (χ1v) is 7.70. The molecule has 102 valence electrons. The Balaban J connectivity index is 1.85. The van der Waals surface area contributed by atoms with Crippen molar-refractivity contribution in [1.82, 2.24) is 10.3 Å². The van der Waals surface area contributed by atoms with Crippen molar-refractivity contribution >= 4 is 11.3 Å². The van der Waals surface area contributed by atoms with Gasteiger partial charge >= 0.3 is 0 Å². The quantitative estimate of drug-likeness (QED) is 0.861. The van der Waals surface area contributed by atoms with Gasteiger partial charge < -0.3 is 10.1 Å². The van der Waals surface area contributed by atoms with Crippen LogP contribution in [0.4, 0.5) is 0 Å². The number of hydrogen-bond donors (Lipinski definition) is 1. The van der Waals surface area contributed by atoms with Crippen LogP contribution in [0.3, 0.4) is 0 Å². The predicted octanol–water partition coefficient (Wildman–Crippen LogP) is 2.78. The summed E-state index contributed by atoms with van der Waals surface area (Å²) in [5, 5.41) is 4.78. The van der Waals surface area contributed by atoms with Gasteiger partial charge in [-0.15, -0.1) is 11.3 Å². The van der Waals surface area contributed by atoms with Crippen molar-refractivity contribution in [1.29, 1.82) is 0 Å². The van der Waals surface area contributed by atoms with Gasteiger partial charge in [-0.3, -0.25) is 0 Å². The van der Waals surface area contributed by atoms with Gasteiger partial charge in [-0.05, 0) is 31.7 Å². The highest BCUT2D eigenvalue weighted by atomic mass is 32.1. The summed E-state index contributed by atoms with van der Waals surface area (Å²) >= 11 is 1.87. The fraction of sp³-hybridized carbons (Fsp3) is 0.786. The van der Waals surface area contributed by atoms with Crippen molar-refractivity contribution in [3.63, 3.8) is 0 Å². The maximum Gasteiger partial charge on any atom is 0.0935 e. The molecule has 1 atom stereocenters. The molecular formula is C14H24N2OS. The molecule has 0 aromatic carbocycles. The lowest BCUT2D eigenvalue weighted by Gasteiger charge is -2.05. The summed E-state index contributed by atoms with van der Waals surface area (Å²) in [6.07, 6.45) is 2.29. The Bertz CT molecular complexity index is 370. The van der Waals surface area contributed by atoms with Crippen LogP contribution in [0.25, 0.3) is 0 Å². The summed E-state index contributed by atoms with van der Waals surface area (Å²) in [6.45, 7) is 10.5. The Hall–Kier alpha value is -0.450. The number of nitrogens with one attached hydrogen (secondary N) is 1. The number of thiazole rings is 1. The van der Waals surface area contributed by atoms with Crippen LogP contribution in [0.5, 0.6) is 0 Å². The van der Waals surface area contributed by atoms with E-state index in [1.54, 1.807) is 0 Å². The Morgan fingerprint density at radius 3 is 3.00 bits per heavy atom. The Morgan fingerprint density at radius 1 is 1.50 bits per heavy atom. The molecule has 0 aliphatic carbocycles. The SMILES string of the molecule is Cc1nc(CC2CCOC2)sc1CNCC(C)C. The predicted molar refractivity (Wildman–Crippen MR) is 76.0 cm³/mol. The van der Waals surface area contributed by atoms with Crippen molar-refractivity contribution in [2.24, 2.45) is 11.8 Å². The van der Waals surface area contributed by atoms with Crippen LogP contribution in [0.15, 0.2) is 0 Å². The largest absolute Gasteiger partial charge is 0.381 e. The van der Waals surface area contributed by atoms with Crippen LogP contribution in [-0.2, 0) is 17.7 Å². The van der Waals surface area contributed by atoms with Gasteiger partial charge in [0.2, 0.25) is 0 Å². The molecule has 4 heteroatoms. The third kappa shape index (κ3) is 4.04. The first-order valence-electron chi connectivity index (χ1n) is 6.88. The minimum atomic E-state index is 0.687. The van der Waals surface area contributed by atoms with Crippen LogP contribution < -0.4 is 5.32 Å². The maximum absolute atomic E-state index is 5.42. The molecule has 1 aromatic rings. The molecule has 2 rings (SSSR count). The smallest absolute Gasteiger partial charge is 0.0935 e. The molecule has 0 spiro atoms. The van der Waals surface area contributed by atoms with Gasteiger partial charge in [0.15, 0.2) is 0 Å². The molecule has 0 saturated carbocycles. The minimum absolute atomic E-state index is 0.687. The second kappa shape index (κ2) is 6.64. The molecule has 0 radical (unpaired) electrons. The first-order chi connectivity index (χ1) is 8.65. The van der Waals surface area contributed by atoms with Gasteiger partial charge in [0.1, 0.15) is 0 Å². The molecule has 1 fully saturated rings. The highest BCUT2D eigenvalue weighted by molar-refractivity contribution is 7.11. The zero-order valence-corrected chi connectivity index (χ0v) is 12.5. The van der Waals surface area contributed by atoms with E-state index in [0.717, 1.165) is 32.7 Å². The van der Waals surface area contributed by atoms with Crippen LogP contribution in [0, 0.1) is 18.8 Å². The topological polar surface area (TPSA) is 34.1 Å². The van der Waals surface area contributed by atoms with Crippen LogP contribution >= 0.6 is 11.3 Å². The van der Waals surface area contributed by atoms with E-state index in [1.807, 2.05) is 11.3 Å². The average Bonchev–Trinajstić information content (AvgIpc) is 2.90. The van der Waals surface area contributed by atoms with E-state index in [9.17, 15) is 0 Å².